The summed E-state index contributed by atoms with van der Waals surface area (Å²) in [5.41, 5.74) is 0.906. The molecule has 1 saturated carbocycles. The highest BCUT2D eigenvalue weighted by Gasteiger charge is 2.33. The summed E-state index contributed by atoms with van der Waals surface area (Å²) in [5, 5.41) is 0.831. The van der Waals surface area contributed by atoms with E-state index < -0.39 is 7.60 Å². The highest BCUT2D eigenvalue weighted by molar-refractivity contribution is 7.61. The Hall–Kier alpha value is -0.340. The molecule has 0 heterocycles. The largest absolute Gasteiger partial charge is 0.359 e. The van der Waals surface area contributed by atoms with E-state index in [2.05, 4.69) is 0 Å². The van der Waals surface area contributed by atoms with Gasteiger partial charge in [0.15, 0.2) is 0 Å². The summed E-state index contributed by atoms with van der Waals surface area (Å²) < 4.78 is 16.9. The van der Waals surface area contributed by atoms with Gasteiger partial charge in [-0.3, -0.25) is 4.57 Å². The monoisotopic (exact) mass is 260 g/mol. The molecule has 3 nitrogen and oxygen atoms in total. The zero-order valence-corrected chi connectivity index (χ0v) is 10.7. The number of halogens is 1. The molecule has 0 aliphatic heterocycles. The van der Waals surface area contributed by atoms with Gasteiger partial charge < -0.3 is 9.42 Å². The molecule has 1 unspecified atom stereocenters. The molecule has 0 amide bonds. The molecule has 16 heavy (non-hydrogen) atoms. The molecule has 1 aliphatic rings. The first-order chi connectivity index (χ1) is 7.54. The van der Waals surface area contributed by atoms with E-state index in [0.717, 1.165) is 18.4 Å². The van der Waals surface area contributed by atoms with Crippen molar-refractivity contribution in [2.45, 2.75) is 25.7 Å². The smallest absolute Gasteiger partial charge is 0.321 e. The first-order valence-corrected chi connectivity index (χ1v) is 7.27. The van der Waals surface area contributed by atoms with E-state index in [4.69, 9.17) is 16.1 Å². The molecule has 0 saturated heterocycles. The maximum Gasteiger partial charge on any atom is 0.359 e. The third-order valence-electron chi connectivity index (χ3n) is 2.62. The van der Waals surface area contributed by atoms with E-state index in [0.29, 0.717) is 16.2 Å². The van der Waals surface area contributed by atoms with Crippen molar-refractivity contribution in [3.05, 3.63) is 28.8 Å². The van der Waals surface area contributed by atoms with E-state index in [-0.39, 0.29) is 6.61 Å². The maximum absolute atomic E-state index is 12.0. The van der Waals surface area contributed by atoms with Crippen molar-refractivity contribution in [2.24, 2.45) is 0 Å². The normalized spacial score (nSPS) is 19.4. The third kappa shape index (κ3) is 2.49. The summed E-state index contributed by atoms with van der Waals surface area (Å²) in [5.74, 6) is 0.396. The van der Waals surface area contributed by atoms with Gasteiger partial charge in [0, 0.05) is 5.02 Å². The van der Waals surface area contributed by atoms with Gasteiger partial charge in [0.1, 0.15) is 0 Å². The molecule has 0 spiro atoms. The van der Waals surface area contributed by atoms with E-state index in [1.807, 2.05) is 6.07 Å². The van der Waals surface area contributed by atoms with Crippen molar-refractivity contribution in [3.63, 3.8) is 0 Å². The SMILES string of the molecule is CCOP(=O)(O)c1cc(Cl)ccc1C1CC1. The van der Waals surface area contributed by atoms with Gasteiger partial charge in [-0.1, -0.05) is 17.7 Å². The Kier molecular flexibility index (Phi) is 3.41. The predicted octanol–water partition coefficient (Wildman–Crippen LogP) is 3.06. The van der Waals surface area contributed by atoms with Crippen LogP contribution in [0.3, 0.4) is 0 Å². The Bertz CT molecular complexity index is 443. The fourth-order valence-corrected chi connectivity index (χ4v) is 3.37. The van der Waals surface area contributed by atoms with Gasteiger partial charge in [-0.05, 0) is 43.4 Å². The van der Waals surface area contributed by atoms with Gasteiger partial charge in [-0.15, -0.1) is 0 Å². The van der Waals surface area contributed by atoms with Crippen LogP contribution >= 0.6 is 19.2 Å². The zero-order valence-electron chi connectivity index (χ0n) is 9.02. The Morgan fingerprint density at radius 2 is 2.25 bits per heavy atom. The fraction of sp³-hybridized carbons (Fsp3) is 0.455. The van der Waals surface area contributed by atoms with Crippen LogP contribution in [0.15, 0.2) is 18.2 Å². The Balaban J connectivity index is 2.44. The minimum Gasteiger partial charge on any atom is -0.321 e. The van der Waals surface area contributed by atoms with Crippen LogP contribution in [-0.4, -0.2) is 11.5 Å². The highest BCUT2D eigenvalue weighted by Crippen LogP contribution is 2.48. The van der Waals surface area contributed by atoms with Crippen LogP contribution in [0.5, 0.6) is 0 Å². The Morgan fingerprint density at radius 3 is 2.81 bits per heavy atom. The van der Waals surface area contributed by atoms with Crippen molar-refractivity contribution < 1.29 is 14.0 Å². The van der Waals surface area contributed by atoms with Gasteiger partial charge >= 0.3 is 7.60 Å². The summed E-state index contributed by atoms with van der Waals surface area (Å²) in [7, 11) is -3.71. The van der Waals surface area contributed by atoms with Gasteiger partial charge in [-0.25, -0.2) is 0 Å². The molecule has 0 bridgehead atoms. The third-order valence-corrected chi connectivity index (χ3v) is 4.46. The van der Waals surface area contributed by atoms with E-state index in [9.17, 15) is 9.46 Å². The quantitative estimate of drug-likeness (QED) is 0.847. The van der Waals surface area contributed by atoms with Gasteiger partial charge in [0.2, 0.25) is 0 Å². The van der Waals surface area contributed by atoms with Crippen LogP contribution in [0, 0.1) is 0 Å². The molecule has 5 heteroatoms. The second-order valence-electron chi connectivity index (χ2n) is 3.92. The number of rotatable bonds is 4. The van der Waals surface area contributed by atoms with E-state index in [1.54, 1.807) is 19.1 Å². The standard InChI is InChI=1S/C11H14ClO3P/c1-2-15-16(13,14)11-7-9(12)5-6-10(11)8-3-4-8/h5-8H,2-4H2,1H3,(H,13,14). The van der Waals surface area contributed by atoms with Crippen LogP contribution in [-0.2, 0) is 9.09 Å². The van der Waals surface area contributed by atoms with Crippen molar-refractivity contribution in [3.8, 4) is 0 Å². The summed E-state index contributed by atoms with van der Waals surface area (Å²) >= 11 is 5.86. The minimum atomic E-state index is -3.71. The lowest BCUT2D eigenvalue weighted by atomic mass is 10.1. The van der Waals surface area contributed by atoms with Crippen LogP contribution in [0.4, 0.5) is 0 Å². The second kappa shape index (κ2) is 4.50. The fourth-order valence-electron chi connectivity index (χ4n) is 1.75. The highest BCUT2D eigenvalue weighted by atomic mass is 35.5. The average Bonchev–Trinajstić information content (AvgIpc) is 3.01. The van der Waals surface area contributed by atoms with Crippen molar-refractivity contribution in [1.82, 2.24) is 0 Å². The first kappa shape index (κ1) is 12.1. The van der Waals surface area contributed by atoms with Gasteiger partial charge in [0.25, 0.3) is 0 Å². The topological polar surface area (TPSA) is 46.5 Å². The molecule has 1 fully saturated rings. The lowest BCUT2D eigenvalue weighted by molar-refractivity contribution is 0.284. The molecule has 1 aromatic carbocycles. The molecule has 1 aliphatic carbocycles. The molecular weight excluding hydrogens is 247 g/mol. The summed E-state index contributed by atoms with van der Waals surface area (Å²) in [6.45, 7) is 1.91. The predicted molar refractivity (Wildman–Crippen MR) is 64.5 cm³/mol. The summed E-state index contributed by atoms with van der Waals surface area (Å²) in [6, 6.07) is 5.13. The van der Waals surface area contributed by atoms with Gasteiger partial charge in [-0.2, -0.15) is 0 Å². The second-order valence-corrected chi connectivity index (χ2v) is 6.13. The first-order valence-electron chi connectivity index (χ1n) is 5.32. The Morgan fingerprint density at radius 1 is 1.56 bits per heavy atom. The molecule has 88 valence electrons. The van der Waals surface area contributed by atoms with Crippen LogP contribution in [0.2, 0.25) is 5.02 Å². The molecule has 1 aromatic rings. The number of hydrogen-bond acceptors (Lipinski definition) is 2. The molecule has 1 N–H and O–H groups in total. The van der Waals surface area contributed by atoms with Crippen LogP contribution in [0.25, 0.3) is 0 Å². The molecule has 0 radical (unpaired) electrons. The maximum atomic E-state index is 12.0. The lowest BCUT2D eigenvalue weighted by Crippen LogP contribution is -2.12. The summed E-state index contributed by atoms with van der Waals surface area (Å²) in [6.07, 6.45) is 2.14. The van der Waals surface area contributed by atoms with E-state index in [1.165, 1.54) is 0 Å². The molecule has 1 atom stereocenters. The van der Waals surface area contributed by atoms with Crippen molar-refractivity contribution in [2.75, 3.05) is 6.61 Å². The van der Waals surface area contributed by atoms with E-state index >= 15 is 0 Å². The average molecular weight is 261 g/mol. The lowest BCUT2D eigenvalue weighted by Gasteiger charge is -2.15. The van der Waals surface area contributed by atoms with Crippen molar-refractivity contribution in [1.29, 1.82) is 0 Å². The number of benzene rings is 1. The van der Waals surface area contributed by atoms with Crippen molar-refractivity contribution >= 4 is 24.5 Å². The number of hydrogen-bond donors (Lipinski definition) is 1. The molecule has 2 rings (SSSR count). The molecular formula is C11H14ClO3P. The van der Waals surface area contributed by atoms with Crippen LogP contribution in [0.1, 0.15) is 31.2 Å². The minimum absolute atomic E-state index is 0.213. The molecule has 0 aromatic heterocycles. The zero-order chi connectivity index (χ0) is 11.8. The van der Waals surface area contributed by atoms with Gasteiger partial charge in [0.05, 0.1) is 11.9 Å². The van der Waals surface area contributed by atoms with Crippen LogP contribution < -0.4 is 5.30 Å². The summed E-state index contributed by atoms with van der Waals surface area (Å²) in [4.78, 5) is 9.84. The Labute approximate surface area is 99.9 Å².